The van der Waals surface area contributed by atoms with Crippen molar-refractivity contribution in [1.29, 1.82) is 0 Å². The van der Waals surface area contributed by atoms with Gasteiger partial charge in [-0.15, -0.1) is 0 Å². The van der Waals surface area contributed by atoms with E-state index in [1.54, 1.807) is 38.1 Å². The molecule has 1 atom stereocenters. The van der Waals surface area contributed by atoms with Crippen molar-refractivity contribution in [2.24, 2.45) is 0 Å². The Hall–Kier alpha value is -3.14. The van der Waals surface area contributed by atoms with Crippen LogP contribution in [0.1, 0.15) is 26.3 Å². The van der Waals surface area contributed by atoms with E-state index in [1.165, 1.54) is 55.5 Å². The monoisotopic (exact) mass is 579 g/mol. The van der Waals surface area contributed by atoms with Crippen LogP contribution < -0.4 is 9.62 Å². The van der Waals surface area contributed by atoms with Gasteiger partial charge in [-0.1, -0.05) is 59.6 Å². The third kappa shape index (κ3) is 7.03. The topological polar surface area (TPSA) is 86.8 Å². The number of nitrogens with zero attached hydrogens (tertiary/aromatic N) is 2. The van der Waals surface area contributed by atoms with E-state index in [2.05, 4.69) is 5.32 Å². The second kappa shape index (κ2) is 12.6. The van der Waals surface area contributed by atoms with E-state index in [9.17, 15) is 22.4 Å². The van der Waals surface area contributed by atoms with Crippen molar-refractivity contribution in [2.75, 3.05) is 10.8 Å². The fourth-order valence-electron chi connectivity index (χ4n) is 3.69. The summed E-state index contributed by atoms with van der Waals surface area (Å²) in [6.07, 6.45) is 0. The van der Waals surface area contributed by atoms with E-state index in [-0.39, 0.29) is 38.8 Å². The van der Waals surface area contributed by atoms with E-state index >= 15 is 0 Å². The summed E-state index contributed by atoms with van der Waals surface area (Å²) in [5.41, 5.74) is 0.277. The number of anilines is 1. The number of hydrogen-bond donors (Lipinski definition) is 1. The van der Waals surface area contributed by atoms with Crippen molar-refractivity contribution in [1.82, 2.24) is 10.2 Å². The average molecular weight is 581 g/mol. The van der Waals surface area contributed by atoms with Crippen molar-refractivity contribution in [3.63, 3.8) is 0 Å². The highest BCUT2D eigenvalue weighted by atomic mass is 35.5. The first-order valence-corrected chi connectivity index (χ1v) is 14.0. The number of carbonyl (C=O) groups is 2. The zero-order valence-electron chi connectivity index (χ0n) is 21.1. The Morgan fingerprint density at radius 2 is 1.55 bits per heavy atom. The van der Waals surface area contributed by atoms with Gasteiger partial charge in [-0.25, -0.2) is 12.8 Å². The van der Waals surface area contributed by atoms with E-state index in [0.717, 1.165) is 9.21 Å². The van der Waals surface area contributed by atoms with Crippen LogP contribution in [-0.4, -0.2) is 43.8 Å². The molecule has 0 fully saturated rings. The van der Waals surface area contributed by atoms with Gasteiger partial charge in [0.05, 0.1) is 20.6 Å². The highest BCUT2D eigenvalue weighted by Crippen LogP contribution is 2.31. The number of sulfonamides is 1. The maximum atomic E-state index is 14.5. The van der Waals surface area contributed by atoms with Gasteiger partial charge in [0.2, 0.25) is 11.8 Å². The van der Waals surface area contributed by atoms with Gasteiger partial charge >= 0.3 is 0 Å². The summed E-state index contributed by atoms with van der Waals surface area (Å²) in [4.78, 5) is 27.7. The molecule has 202 valence electrons. The molecule has 0 aliphatic rings. The van der Waals surface area contributed by atoms with Gasteiger partial charge in [0.1, 0.15) is 18.4 Å². The number of amides is 2. The highest BCUT2D eigenvalue weighted by Gasteiger charge is 2.33. The zero-order chi connectivity index (χ0) is 28.0. The van der Waals surface area contributed by atoms with Crippen LogP contribution in [0.3, 0.4) is 0 Å². The van der Waals surface area contributed by atoms with E-state index in [4.69, 9.17) is 23.2 Å². The Morgan fingerprint density at radius 3 is 2.16 bits per heavy atom. The van der Waals surface area contributed by atoms with E-state index in [1.807, 2.05) is 0 Å². The first kappa shape index (κ1) is 29.4. The summed E-state index contributed by atoms with van der Waals surface area (Å²) in [6, 6.07) is 16.4. The molecule has 0 aliphatic heterocycles. The van der Waals surface area contributed by atoms with Gasteiger partial charge in [-0.2, -0.15) is 0 Å². The number of rotatable bonds is 10. The lowest BCUT2D eigenvalue weighted by Gasteiger charge is -2.32. The van der Waals surface area contributed by atoms with Gasteiger partial charge in [0, 0.05) is 18.2 Å². The second-order valence-electron chi connectivity index (χ2n) is 8.88. The van der Waals surface area contributed by atoms with Crippen LogP contribution in [0.25, 0.3) is 0 Å². The molecule has 0 radical (unpaired) electrons. The zero-order valence-corrected chi connectivity index (χ0v) is 23.4. The molecule has 1 N–H and O–H groups in total. The van der Waals surface area contributed by atoms with Gasteiger partial charge < -0.3 is 10.2 Å². The molecule has 0 spiro atoms. The number of benzene rings is 3. The Labute approximate surface area is 232 Å². The first-order valence-electron chi connectivity index (χ1n) is 11.8. The Balaban J connectivity index is 2.06. The minimum atomic E-state index is -4.25. The Morgan fingerprint density at radius 1 is 0.921 bits per heavy atom. The SMILES string of the molecule is CC(C)NC(=O)C(C)N(Cc1ccccc1F)C(=O)CN(c1ccc(Cl)c(Cl)c1)S(=O)(=O)c1ccccc1. The lowest BCUT2D eigenvalue weighted by atomic mass is 10.1. The van der Waals surface area contributed by atoms with Crippen molar-refractivity contribution in [3.8, 4) is 0 Å². The minimum Gasteiger partial charge on any atom is -0.352 e. The highest BCUT2D eigenvalue weighted by molar-refractivity contribution is 7.92. The quantitative estimate of drug-likeness (QED) is 0.354. The molecule has 38 heavy (non-hydrogen) atoms. The number of nitrogens with one attached hydrogen (secondary N) is 1. The fourth-order valence-corrected chi connectivity index (χ4v) is 5.41. The predicted octanol–water partition coefficient (Wildman–Crippen LogP) is 5.27. The summed E-state index contributed by atoms with van der Waals surface area (Å²) >= 11 is 12.2. The lowest BCUT2D eigenvalue weighted by Crippen LogP contribution is -2.52. The van der Waals surface area contributed by atoms with E-state index in [0.29, 0.717) is 0 Å². The predicted molar refractivity (Wildman–Crippen MR) is 147 cm³/mol. The summed E-state index contributed by atoms with van der Waals surface area (Å²) in [5, 5.41) is 3.05. The van der Waals surface area contributed by atoms with Gasteiger partial charge in [0.25, 0.3) is 10.0 Å². The third-order valence-corrected chi connectivity index (χ3v) is 8.23. The van der Waals surface area contributed by atoms with Gasteiger partial charge in [-0.3, -0.25) is 13.9 Å². The van der Waals surface area contributed by atoms with Crippen LogP contribution in [0, 0.1) is 5.82 Å². The van der Waals surface area contributed by atoms with Crippen LogP contribution in [0.5, 0.6) is 0 Å². The van der Waals surface area contributed by atoms with Crippen LogP contribution in [0.4, 0.5) is 10.1 Å². The minimum absolute atomic E-state index is 0.0508. The van der Waals surface area contributed by atoms with Crippen molar-refractivity contribution in [3.05, 3.63) is 94.2 Å². The largest absolute Gasteiger partial charge is 0.352 e. The molecule has 11 heteroatoms. The lowest BCUT2D eigenvalue weighted by molar-refractivity contribution is -0.139. The molecular weight excluding hydrogens is 552 g/mol. The molecule has 0 aliphatic carbocycles. The second-order valence-corrected chi connectivity index (χ2v) is 11.6. The fraction of sp³-hybridized carbons (Fsp3) is 0.259. The summed E-state index contributed by atoms with van der Waals surface area (Å²) in [6.45, 7) is 4.12. The summed E-state index contributed by atoms with van der Waals surface area (Å²) in [7, 11) is -4.25. The van der Waals surface area contributed by atoms with E-state index < -0.39 is 40.2 Å². The normalized spacial score (nSPS) is 12.2. The maximum Gasteiger partial charge on any atom is 0.264 e. The first-order chi connectivity index (χ1) is 17.9. The Bertz CT molecular complexity index is 1400. The summed E-state index contributed by atoms with van der Waals surface area (Å²) in [5.74, 6) is -1.73. The molecule has 0 saturated heterocycles. The van der Waals surface area contributed by atoms with Crippen LogP contribution >= 0.6 is 23.2 Å². The van der Waals surface area contributed by atoms with Crippen molar-refractivity contribution in [2.45, 2.75) is 44.3 Å². The molecule has 0 bridgehead atoms. The smallest absolute Gasteiger partial charge is 0.264 e. The Kier molecular flexibility index (Phi) is 9.76. The molecule has 7 nitrogen and oxygen atoms in total. The third-order valence-electron chi connectivity index (χ3n) is 5.70. The van der Waals surface area contributed by atoms with Gasteiger partial charge in [0.15, 0.2) is 0 Å². The molecule has 3 aromatic rings. The number of halogens is 3. The molecule has 1 unspecified atom stereocenters. The number of carbonyl (C=O) groups excluding carboxylic acids is 2. The molecule has 3 aromatic carbocycles. The van der Waals surface area contributed by atoms with Crippen LogP contribution in [-0.2, 0) is 26.2 Å². The average Bonchev–Trinajstić information content (AvgIpc) is 2.88. The molecule has 0 heterocycles. The van der Waals surface area contributed by atoms with Crippen molar-refractivity contribution < 1.29 is 22.4 Å². The molecule has 2 amide bonds. The van der Waals surface area contributed by atoms with Crippen LogP contribution in [0.15, 0.2) is 77.7 Å². The standard InChI is InChI=1S/C27H28Cl2FN3O4S/c1-18(2)31-27(35)19(3)32(16-20-9-7-8-12-25(20)30)26(34)17-33(21-13-14-23(28)24(29)15-21)38(36,37)22-10-5-4-6-11-22/h4-15,18-19H,16-17H2,1-3H3,(H,31,35). The van der Waals surface area contributed by atoms with Crippen LogP contribution in [0.2, 0.25) is 10.0 Å². The molecule has 0 aromatic heterocycles. The summed E-state index contributed by atoms with van der Waals surface area (Å²) < 4.78 is 42.8. The molecule has 0 saturated carbocycles. The maximum absolute atomic E-state index is 14.5. The van der Waals surface area contributed by atoms with Gasteiger partial charge in [-0.05, 0) is 57.2 Å². The van der Waals surface area contributed by atoms with Crippen molar-refractivity contribution >= 4 is 50.7 Å². The number of hydrogen-bond acceptors (Lipinski definition) is 4. The molecular formula is C27H28Cl2FN3O4S. The molecule has 3 rings (SSSR count).